The maximum Gasteiger partial charge on any atom is 0.417 e. The highest BCUT2D eigenvalue weighted by Crippen LogP contribution is 2.41. The van der Waals surface area contributed by atoms with Gasteiger partial charge in [0, 0.05) is 49.0 Å². The third-order valence-electron chi connectivity index (χ3n) is 12.4. The molecule has 2 saturated heterocycles. The van der Waals surface area contributed by atoms with Crippen molar-refractivity contribution >= 4 is 57.8 Å². The number of alkyl halides is 3. The summed E-state index contributed by atoms with van der Waals surface area (Å²) in [7, 11) is 0. The fraction of sp³-hybridized carbons (Fsp3) is 0.581. The number of unbranched alkanes of at least 4 members (excludes halogenated alkanes) is 1. The largest absolute Gasteiger partial charge is 0.417 e. The third-order valence-corrected chi connectivity index (χ3v) is 12.8. The molecule has 2 aliphatic carbocycles. The molecule has 3 atom stereocenters. The molecule has 1 unspecified atom stereocenters. The van der Waals surface area contributed by atoms with Crippen molar-refractivity contribution in [1.29, 1.82) is 5.26 Å². The Morgan fingerprint density at radius 2 is 1.66 bits per heavy atom. The second-order valence-corrected chi connectivity index (χ2v) is 17.4. The molecule has 4 aliphatic rings. The highest BCUT2D eigenvalue weighted by molar-refractivity contribution is 7.80. The summed E-state index contributed by atoms with van der Waals surface area (Å²) in [5, 5.41) is 15.7. The number of rotatable bonds is 12. The minimum Gasteiger partial charge on any atom is -0.375 e. The van der Waals surface area contributed by atoms with E-state index in [1.165, 1.54) is 11.0 Å². The summed E-state index contributed by atoms with van der Waals surface area (Å²) in [5.74, 6) is -0.0385. The molecule has 2 amide bonds. The van der Waals surface area contributed by atoms with E-state index in [1.807, 2.05) is 29.2 Å². The Kier molecular flexibility index (Phi) is 13.3. The first-order valence-electron chi connectivity index (χ1n) is 20.4. The van der Waals surface area contributed by atoms with E-state index >= 15 is 0 Å². The van der Waals surface area contributed by atoms with Crippen molar-refractivity contribution in [3.63, 3.8) is 0 Å². The van der Waals surface area contributed by atoms with Gasteiger partial charge in [-0.3, -0.25) is 29.0 Å². The van der Waals surface area contributed by atoms with Gasteiger partial charge in [0.1, 0.15) is 11.3 Å². The average Bonchev–Trinajstić information content (AvgIpc) is 3.34. The smallest absolute Gasteiger partial charge is 0.375 e. The molecule has 2 N–H and O–H groups in total. The summed E-state index contributed by atoms with van der Waals surface area (Å²) in [4.78, 5) is 58.5. The second kappa shape index (κ2) is 17.8. The van der Waals surface area contributed by atoms with Gasteiger partial charge < -0.3 is 20.4 Å². The van der Waals surface area contributed by atoms with Crippen LogP contribution in [0.25, 0.3) is 0 Å². The maximum absolute atomic E-state index is 13.7. The van der Waals surface area contributed by atoms with Crippen molar-refractivity contribution in [2.75, 3.05) is 41.7 Å². The van der Waals surface area contributed by atoms with Crippen LogP contribution in [0.5, 0.6) is 0 Å². The molecule has 2 heterocycles. The van der Waals surface area contributed by atoms with Crippen LogP contribution >= 0.6 is 12.2 Å². The molecule has 15 heteroatoms. The number of piperazine rings is 1. The van der Waals surface area contributed by atoms with Crippen molar-refractivity contribution in [2.45, 2.75) is 128 Å². The number of amides is 2. The van der Waals surface area contributed by atoms with E-state index in [9.17, 15) is 37.6 Å². The number of halogens is 3. The first-order valence-corrected chi connectivity index (χ1v) is 20.8. The molecule has 2 aromatic rings. The molecule has 0 radical (unpaired) electrons. The van der Waals surface area contributed by atoms with Crippen molar-refractivity contribution in [3.8, 4) is 6.07 Å². The zero-order valence-corrected chi connectivity index (χ0v) is 34.6. The van der Waals surface area contributed by atoms with E-state index in [2.05, 4.69) is 34.3 Å². The first kappa shape index (κ1) is 43.2. The van der Waals surface area contributed by atoms with Crippen LogP contribution in [0.3, 0.4) is 0 Å². The highest BCUT2D eigenvalue weighted by Gasteiger charge is 2.52. The van der Waals surface area contributed by atoms with Gasteiger partial charge in [0.25, 0.3) is 5.91 Å². The normalized spacial score (nSPS) is 25.9. The Balaban J connectivity index is 0.919. The number of Topliss-reactive ketones (excluding diaryl/α,β-unsaturated/α-hetero) is 2. The van der Waals surface area contributed by atoms with Gasteiger partial charge in [-0.25, -0.2) is 0 Å². The molecular formula is C43H54F3N7O4S. The number of ketones is 2. The monoisotopic (exact) mass is 821 g/mol. The molecule has 58 heavy (non-hydrogen) atoms. The van der Waals surface area contributed by atoms with Crippen LogP contribution in [0.4, 0.5) is 30.2 Å². The van der Waals surface area contributed by atoms with Crippen molar-refractivity contribution in [3.05, 3.63) is 53.6 Å². The lowest BCUT2D eigenvalue weighted by Crippen LogP contribution is -2.58. The number of nitrogens with zero attached hydrogens (tertiary/aromatic N) is 5. The molecular weight excluding hydrogens is 768 g/mol. The number of benzene rings is 2. The topological polar surface area (TPSA) is 129 Å². The molecule has 2 aromatic carbocycles. The molecule has 6 rings (SSSR count). The van der Waals surface area contributed by atoms with Gasteiger partial charge in [-0.05, 0) is 127 Å². The van der Waals surface area contributed by atoms with Crippen LogP contribution in [0.1, 0.15) is 103 Å². The SMILES string of the molecule is C[C@@H]1CN(CCCCC2CCC(N3C(=S)N(c4ccc(C#N)c(C(F)(F)F)c4)C(=O)C3(C)C)CC2)C[C@H](C)N1CC(=O)Nc1cccc(NC2CCC(=O)CC2=O)c1. The first-order chi connectivity index (χ1) is 27.5. The zero-order chi connectivity index (χ0) is 41.9. The van der Waals surface area contributed by atoms with Gasteiger partial charge in [-0.2, -0.15) is 18.4 Å². The molecule has 0 spiro atoms. The Morgan fingerprint density at radius 1 is 0.966 bits per heavy atom. The van der Waals surface area contributed by atoms with Gasteiger partial charge in [-0.15, -0.1) is 0 Å². The lowest BCUT2D eigenvalue weighted by atomic mass is 9.81. The number of hydrogen-bond acceptors (Lipinski definition) is 9. The van der Waals surface area contributed by atoms with Crippen molar-refractivity contribution < 1.29 is 32.3 Å². The summed E-state index contributed by atoms with van der Waals surface area (Å²) in [5.41, 5.74) is -1.21. The minimum atomic E-state index is -4.75. The van der Waals surface area contributed by atoms with Gasteiger partial charge in [0.15, 0.2) is 10.9 Å². The lowest BCUT2D eigenvalue weighted by Gasteiger charge is -2.44. The van der Waals surface area contributed by atoms with Crippen LogP contribution in [-0.2, 0) is 25.4 Å². The van der Waals surface area contributed by atoms with E-state index in [4.69, 9.17) is 12.2 Å². The van der Waals surface area contributed by atoms with Crippen molar-refractivity contribution in [1.82, 2.24) is 14.7 Å². The molecule has 2 saturated carbocycles. The number of carbonyl (C=O) groups excluding carboxylic acids is 4. The Labute approximate surface area is 344 Å². The minimum absolute atomic E-state index is 0.00363. The van der Waals surface area contributed by atoms with Gasteiger partial charge in [0.2, 0.25) is 5.91 Å². The molecule has 4 fully saturated rings. The van der Waals surface area contributed by atoms with E-state index in [-0.39, 0.29) is 65.3 Å². The van der Waals surface area contributed by atoms with Gasteiger partial charge in [-0.1, -0.05) is 18.9 Å². The van der Waals surface area contributed by atoms with Gasteiger partial charge in [0.05, 0.1) is 41.9 Å². The predicted molar refractivity (Wildman–Crippen MR) is 220 cm³/mol. The summed E-state index contributed by atoms with van der Waals surface area (Å²) in [6.07, 6.45) is 3.03. The Morgan fingerprint density at radius 3 is 2.31 bits per heavy atom. The predicted octanol–water partition coefficient (Wildman–Crippen LogP) is 7.15. The molecule has 11 nitrogen and oxygen atoms in total. The van der Waals surface area contributed by atoms with E-state index < -0.39 is 28.9 Å². The Bertz CT molecular complexity index is 1930. The quantitative estimate of drug-likeness (QED) is 0.129. The van der Waals surface area contributed by atoms with Crippen LogP contribution in [0, 0.1) is 17.2 Å². The number of nitriles is 1. The number of carbonyl (C=O) groups is 4. The van der Waals surface area contributed by atoms with Crippen LogP contribution in [0.2, 0.25) is 0 Å². The van der Waals surface area contributed by atoms with Crippen LogP contribution < -0.4 is 15.5 Å². The number of anilines is 3. The van der Waals surface area contributed by atoms with E-state index in [0.29, 0.717) is 24.4 Å². The molecule has 2 aliphatic heterocycles. The highest BCUT2D eigenvalue weighted by atomic mass is 32.1. The lowest BCUT2D eigenvalue weighted by molar-refractivity contribution is -0.138. The Hall–Kier alpha value is -4.39. The third kappa shape index (κ3) is 9.72. The summed E-state index contributed by atoms with van der Waals surface area (Å²) < 4.78 is 41.2. The standard InChI is InChI=1S/C43H54F3N7O4S/c1-27-24-50(25-28(2)51(27)26-39(56)49-32-10-7-9-31(20-32)48-37-18-17-35(54)22-38(37)55)19-6-5-8-29-11-14-33(15-12-29)53-41(58)52(40(57)42(53,3)4)34-16-13-30(23-47)36(21-34)43(44,45)46/h7,9-10,13,16,20-21,27-29,33,37,48H,5-6,8,11-12,14-15,17-19,22,24-26H2,1-4H3,(H,49,56)/t27-,28+,29?,33?,37?. The molecule has 0 bridgehead atoms. The van der Waals surface area contributed by atoms with E-state index in [1.54, 1.807) is 19.9 Å². The van der Waals surface area contributed by atoms with Gasteiger partial charge >= 0.3 is 6.18 Å². The summed E-state index contributed by atoms with van der Waals surface area (Å²) in [6, 6.07) is 12.2. The fourth-order valence-electron chi connectivity index (χ4n) is 9.35. The fourth-order valence-corrected chi connectivity index (χ4v) is 9.92. The molecule has 312 valence electrons. The number of nitrogens with one attached hydrogen (secondary N) is 2. The number of thiocarbonyl (C=S) groups is 1. The van der Waals surface area contributed by atoms with E-state index in [0.717, 1.165) is 82.4 Å². The summed E-state index contributed by atoms with van der Waals surface area (Å²) >= 11 is 5.77. The van der Waals surface area contributed by atoms with Crippen LogP contribution in [0.15, 0.2) is 42.5 Å². The number of hydrogen-bond donors (Lipinski definition) is 2. The van der Waals surface area contributed by atoms with Crippen LogP contribution in [-0.4, -0.2) is 99.1 Å². The summed E-state index contributed by atoms with van der Waals surface area (Å²) in [6.45, 7) is 10.9. The average molecular weight is 822 g/mol. The second-order valence-electron chi connectivity index (χ2n) is 17.0. The zero-order valence-electron chi connectivity index (χ0n) is 33.7. The van der Waals surface area contributed by atoms with Crippen molar-refractivity contribution in [2.24, 2.45) is 5.92 Å². The maximum atomic E-state index is 13.7. The molecule has 0 aromatic heterocycles.